The highest BCUT2D eigenvalue weighted by Gasteiger charge is 2.22. The van der Waals surface area contributed by atoms with E-state index in [9.17, 15) is 9.59 Å². The Bertz CT molecular complexity index is 782. The monoisotopic (exact) mass is 381 g/mol. The van der Waals surface area contributed by atoms with Crippen molar-refractivity contribution in [2.75, 3.05) is 10.6 Å². The van der Waals surface area contributed by atoms with Crippen LogP contribution >= 0.6 is 0 Å². The van der Waals surface area contributed by atoms with E-state index in [1.807, 2.05) is 6.92 Å². The van der Waals surface area contributed by atoms with Gasteiger partial charge in [0.1, 0.15) is 0 Å². The minimum absolute atomic E-state index is 0.0915. The smallest absolute Gasteiger partial charge is 0.241 e. The van der Waals surface area contributed by atoms with Crippen LogP contribution in [0.1, 0.15) is 51.8 Å². The molecule has 0 aliphatic heterocycles. The summed E-state index contributed by atoms with van der Waals surface area (Å²) in [4.78, 5) is 23.7. The maximum Gasteiger partial charge on any atom is 0.241 e. The predicted molar refractivity (Wildman–Crippen MR) is 115 cm³/mol. The molecule has 0 saturated carbocycles. The zero-order valence-corrected chi connectivity index (χ0v) is 17.4. The summed E-state index contributed by atoms with van der Waals surface area (Å²) in [5, 5.41) is 9.09. The molecule has 0 spiro atoms. The molecule has 0 aliphatic carbocycles. The first-order valence-electron chi connectivity index (χ1n) is 9.83. The molecule has 2 aromatic carbocycles. The van der Waals surface area contributed by atoms with Gasteiger partial charge in [-0.25, -0.2) is 0 Å². The third-order valence-electron chi connectivity index (χ3n) is 4.71. The van der Waals surface area contributed by atoms with Crippen molar-refractivity contribution in [3.63, 3.8) is 0 Å². The van der Waals surface area contributed by atoms with Crippen molar-refractivity contribution in [3.8, 4) is 0 Å². The lowest BCUT2D eigenvalue weighted by molar-refractivity contribution is -0.118. The van der Waals surface area contributed by atoms with E-state index in [0.717, 1.165) is 6.42 Å². The standard InChI is InChI=1S/C23H31N3O2/c1-6-18-7-9-19(10-8-18)22(15(2)3)24-16(4)23(28)26-21-13-11-20(12-14-21)25-17(5)27/h7-16,22,24H,6H2,1-5H3,(H,25,27)(H,26,28)/t16-,22-/m0/s1. The molecule has 2 aromatic rings. The lowest BCUT2D eigenvalue weighted by Crippen LogP contribution is -2.41. The van der Waals surface area contributed by atoms with E-state index in [2.05, 4.69) is 61.0 Å². The number of nitrogens with one attached hydrogen (secondary N) is 3. The first-order chi connectivity index (χ1) is 13.3. The van der Waals surface area contributed by atoms with Gasteiger partial charge >= 0.3 is 0 Å². The van der Waals surface area contributed by atoms with Crippen LogP contribution in [0.15, 0.2) is 48.5 Å². The summed E-state index contributed by atoms with van der Waals surface area (Å²) in [5.74, 6) is 0.129. The average Bonchev–Trinajstić information content (AvgIpc) is 2.67. The minimum Gasteiger partial charge on any atom is -0.326 e. The zero-order valence-electron chi connectivity index (χ0n) is 17.4. The molecule has 5 nitrogen and oxygen atoms in total. The molecule has 2 amide bonds. The summed E-state index contributed by atoms with van der Waals surface area (Å²) in [5.41, 5.74) is 3.89. The van der Waals surface area contributed by atoms with E-state index in [0.29, 0.717) is 17.3 Å². The number of hydrogen-bond donors (Lipinski definition) is 3. The van der Waals surface area contributed by atoms with E-state index in [-0.39, 0.29) is 23.9 Å². The van der Waals surface area contributed by atoms with Crippen molar-refractivity contribution in [2.24, 2.45) is 5.92 Å². The zero-order chi connectivity index (χ0) is 20.7. The van der Waals surface area contributed by atoms with Crippen LogP contribution in [-0.2, 0) is 16.0 Å². The Morgan fingerprint density at radius 1 is 0.857 bits per heavy atom. The summed E-state index contributed by atoms with van der Waals surface area (Å²) >= 11 is 0. The van der Waals surface area contributed by atoms with Gasteiger partial charge in [-0.3, -0.25) is 14.9 Å². The number of anilines is 2. The first kappa shape index (κ1) is 21.6. The number of hydrogen-bond acceptors (Lipinski definition) is 3. The van der Waals surface area contributed by atoms with Crippen LogP contribution in [0.5, 0.6) is 0 Å². The van der Waals surface area contributed by atoms with E-state index < -0.39 is 0 Å². The Hall–Kier alpha value is -2.66. The van der Waals surface area contributed by atoms with Crippen LogP contribution in [0, 0.1) is 5.92 Å². The van der Waals surface area contributed by atoms with Gasteiger partial charge in [-0.2, -0.15) is 0 Å². The summed E-state index contributed by atoms with van der Waals surface area (Å²) in [7, 11) is 0. The van der Waals surface area contributed by atoms with Gasteiger partial charge in [-0.15, -0.1) is 0 Å². The van der Waals surface area contributed by atoms with Gasteiger partial charge < -0.3 is 10.6 Å². The number of aryl methyl sites for hydroxylation is 1. The SMILES string of the molecule is CCc1ccc([C@@H](N[C@@H](C)C(=O)Nc2ccc(NC(C)=O)cc2)C(C)C)cc1. The number of benzene rings is 2. The number of carbonyl (C=O) groups is 2. The van der Waals surface area contributed by atoms with Crippen molar-refractivity contribution in [1.82, 2.24) is 5.32 Å². The predicted octanol–water partition coefficient (Wildman–Crippen LogP) is 4.52. The molecule has 2 atom stereocenters. The van der Waals surface area contributed by atoms with Crippen LogP contribution < -0.4 is 16.0 Å². The molecule has 2 rings (SSSR count). The van der Waals surface area contributed by atoms with Crippen molar-refractivity contribution in [3.05, 3.63) is 59.7 Å². The normalized spacial score (nSPS) is 13.1. The molecule has 0 aliphatic rings. The molecule has 0 heterocycles. The van der Waals surface area contributed by atoms with E-state index in [1.54, 1.807) is 24.3 Å². The Morgan fingerprint density at radius 2 is 1.39 bits per heavy atom. The Balaban J connectivity index is 2.01. The summed E-state index contributed by atoms with van der Waals surface area (Å²) in [6, 6.07) is 15.4. The summed E-state index contributed by atoms with van der Waals surface area (Å²) in [6.45, 7) is 9.77. The maximum absolute atomic E-state index is 12.6. The third kappa shape index (κ3) is 6.20. The lowest BCUT2D eigenvalue weighted by atomic mass is 9.94. The first-order valence-corrected chi connectivity index (χ1v) is 9.83. The molecule has 0 fully saturated rings. The fourth-order valence-electron chi connectivity index (χ4n) is 3.07. The Kier molecular flexibility index (Phi) is 7.76. The van der Waals surface area contributed by atoms with Gasteiger partial charge in [0.05, 0.1) is 6.04 Å². The van der Waals surface area contributed by atoms with Crippen molar-refractivity contribution < 1.29 is 9.59 Å². The van der Waals surface area contributed by atoms with Crippen molar-refractivity contribution in [1.29, 1.82) is 0 Å². The molecule has 0 unspecified atom stereocenters. The average molecular weight is 382 g/mol. The third-order valence-corrected chi connectivity index (χ3v) is 4.71. The van der Waals surface area contributed by atoms with Crippen molar-refractivity contribution >= 4 is 23.2 Å². The van der Waals surface area contributed by atoms with Crippen LogP contribution in [0.4, 0.5) is 11.4 Å². The molecular weight excluding hydrogens is 350 g/mol. The van der Waals surface area contributed by atoms with Gasteiger partial charge in [-0.05, 0) is 54.7 Å². The number of rotatable bonds is 8. The van der Waals surface area contributed by atoms with Gasteiger partial charge in [0, 0.05) is 24.3 Å². The molecule has 5 heteroatoms. The largest absolute Gasteiger partial charge is 0.326 e. The van der Waals surface area contributed by atoms with Crippen LogP contribution in [0.3, 0.4) is 0 Å². The van der Waals surface area contributed by atoms with Gasteiger partial charge in [0.15, 0.2) is 0 Å². The van der Waals surface area contributed by atoms with Gasteiger partial charge in [0.25, 0.3) is 0 Å². The second-order valence-electron chi connectivity index (χ2n) is 7.45. The molecule has 0 saturated heterocycles. The van der Waals surface area contributed by atoms with Crippen LogP contribution in [0.25, 0.3) is 0 Å². The number of carbonyl (C=O) groups excluding carboxylic acids is 2. The fourth-order valence-corrected chi connectivity index (χ4v) is 3.07. The highest BCUT2D eigenvalue weighted by molar-refractivity contribution is 5.95. The molecular formula is C23H31N3O2. The second kappa shape index (κ2) is 10.0. The van der Waals surface area contributed by atoms with E-state index in [4.69, 9.17) is 0 Å². The summed E-state index contributed by atoms with van der Waals surface area (Å²) < 4.78 is 0. The van der Waals surface area contributed by atoms with Gasteiger partial charge in [0.2, 0.25) is 11.8 Å². The van der Waals surface area contributed by atoms with Crippen LogP contribution in [-0.4, -0.2) is 17.9 Å². The Labute approximate surface area is 167 Å². The second-order valence-corrected chi connectivity index (χ2v) is 7.45. The topological polar surface area (TPSA) is 70.2 Å². The van der Waals surface area contributed by atoms with Gasteiger partial charge in [-0.1, -0.05) is 45.0 Å². The lowest BCUT2D eigenvalue weighted by Gasteiger charge is -2.26. The molecule has 0 aromatic heterocycles. The summed E-state index contributed by atoms with van der Waals surface area (Å²) in [6.07, 6.45) is 1.01. The van der Waals surface area contributed by atoms with Crippen molar-refractivity contribution in [2.45, 2.75) is 53.1 Å². The molecule has 0 bridgehead atoms. The maximum atomic E-state index is 12.6. The van der Waals surface area contributed by atoms with Crippen LogP contribution in [0.2, 0.25) is 0 Å². The molecule has 3 N–H and O–H groups in total. The molecule has 0 radical (unpaired) electrons. The Morgan fingerprint density at radius 3 is 1.86 bits per heavy atom. The molecule has 150 valence electrons. The highest BCUT2D eigenvalue weighted by atomic mass is 16.2. The minimum atomic E-state index is -0.353. The number of amides is 2. The quantitative estimate of drug-likeness (QED) is 0.629. The van der Waals surface area contributed by atoms with E-state index >= 15 is 0 Å². The molecule has 28 heavy (non-hydrogen) atoms. The van der Waals surface area contributed by atoms with E-state index in [1.165, 1.54) is 18.1 Å². The highest BCUT2D eigenvalue weighted by Crippen LogP contribution is 2.23. The fraction of sp³-hybridized carbons (Fsp3) is 0.391.